The van der Waals surface area contributed by atoms with Gasteiger partial charge >= 0.3 is 0 Å². The van der Waals surface area contributed by atoms with E-state index in [1.807, 2.05) is 45.0 Å². The van der Waals surface area contributed by atoms with Crippen LogP contribution in [0.25, 0.3) is 11.3 Å². The minimum absolute atomic E-state index is 0.172. The van der Waals surface area contributed by atoms with Gasteiger partial charge in [0.15, 0.2) is 11.5 Å². The number of amides is 1. The molecule has 0 spiro atoms. The van der Waals surface area contributed by atoms with E-state index in [-0.39, 0.29) is 5.69 Å². The first-order chi connectivity index (χ1) is 10.5. The first kappa shape index (κ1) is 15.9. The predicted molar refractivity (Wildman–Crippen MR) is 83.4 cm³/mol. The van der Waals surface area contributed by atoms with Crippen LogP contribution in [0.1, 0.15) is 36.3 Å². The summed E-state index contributed by atoms with van der Waals surface area (Å²) in [5.74, 6) is 0.437. The van der Waals surface area contributed by atoms with E-state index in [0.29, 0.717) is 18.1 Å². The van der Waals surface area contributed by atoms with Gasteiger partial charge in [-0.3, -0.25) is 4.79 Å². The Morgan fingerprint density at radius 3 is 2.59 bits per heavy atom. The van der Waals surface area contributed by atoms with Crippen molar-refractivity contribution < 1.29 is 14.1 Å². The van der Waals surface area contributed by atoms with Crippen molar-refractivity contribution in [3.63, 3.8) is 0 Å². The lowest BCUT2D eigenvalue weighted by molar-refractivity contribution is -0.109. The molecule has 1 unspecified atom stereocenters. The highest BCUT2D eigenvalue weighted by atomic mass is 16.5. The van der Waals surface area contributed by atoms with Crippen molar-refractivity contribution in [1.29, 1.82) is 0 Å². The van der Waals surface area contributed by atoms with Crippen LogP contribution < -0.4 is 5.32 Å². The number of hydrogen-bond acceptors (Lipinski definition) is 4. The summed E-state index contributed by atoms with van der Waals surface area (Å²) in [7, 11) is 0. The molecule has 0 saturated heterocycles. The summed E-state index contributed by atoms with van der Waals surface area (Å²) in [5, 5.41) is 6.44. The topological polar surface area (TPSA) is 72.2 Å². The average molecular weight is 300 g/mol. The molecular weight excluding hydrogens is 280 g/mol. The molecule has 2 rings (SSSR count). The van der Waals surface area contributed by atoms with E-state index in [4.69, 9.17) is 4.52 Å². The number of nitrogens with zero attached hydrogens (tertiary/aromatic N) is 1. The molecule has 5 heteroatoms. The number of carbonyl (C=O) groups is 2. The van der Waals surface area contributed by atoms with Gasteiger partial charge in [0, 0.05) is 11.6 Å². The normalized spacial score (nSPS) is 12.2. The predicted octanol–water partition coefficient (Wildman–Crippen LogP) is 2.99. The summed E-state index contributed by atoms with van der Waals surface area (Å²) in [6.07, 6.45) is 1.34. The van der Waals surface area contributed by atoms with Crippen LogP contribution in [-0.4, -0.2) is 23.4 Å². The maximum absolute atomic E-state index is 12.1. The van der Waals surface area contributed by atoms with Crippen LogP contribution in [0, 0.1) is 12.8 Å². The molecule has 1 atom stereocenters. The number of nitrogens with one attached hydrogen (secondary N) is 1. The van der Waals surface area contributed by atoms with E-state index in [0.717, 1.165) is 17.4 Å². The quantitative estimate of drug-likeness (QED) is 0.832. The number of aromatic nitrogens is 1. The highest BCUT2D eigenvalue weighted by molar-refractivity contribution is 5.94. The van der Waals surface area contributed by atoms with Crippen LogP contribution in [0.3, 0.4) is 0 Å². The van der Waals surface area contributed by atoms with E-state index in [1.54, 1.807) is 6.07 Å². The zero-order valence-electron chi connectivity index (χ0n) is 13.0. The molecule has 0 aliphatic rings. The molecule has 1 aromatic carbocycles. The number of carbonyl (C=O) groups excluding carboxylic acids is 2. The van der Waals surface area contributed by atoms with Gasteiger partial charge in [-0.2, -0.15) is 0 Å². The van der Waals surface area contributed by atoms with Crippen LogP contribution in [0.5, 0.6) is 0 Å². The van der Waals surface area contributed by atoms with Gasteiger partial charge in [0.1, 0.15) is 6.29 Å². The van der Waals surface area contributed by atoms with Crippen molar-refractivity contribution in [2.75, 3.05) is 0 Å². The molecule has 5 nitrogen and oxygen atoms in total. The SMILES string of the molecule is Cc1ccc(-c2cc(C(=O)NC(C=O)CC(C)C)no2)cc1. The summed E-state index contributed by atoms with van der Waals surface area (Å²) in [4.78, 5) is 23.1. The lowest BCUT2D eigenvalue weighted by Crippen LogP contribution is -2.37. The molecule has 0 saturated carbocycles. The van der Waals surface area contributed by atoms with Crippen LogP contribution in [0.2, 0.25) is 0 Å². The van der Waals surface area contributed by atoms with Gasteiger partial charge in [0.05, 0.1) is 6.04 Å². The Hall–Kier alpha value is -2.43. The number of aldehydes is 1. The monoisotopic (exact) mass is 300 g/mol. The van der Waals surface area contributed by atoms with Gasteiger partial charge in [-0.1, -0.05) is 48.8 Å². The Balaban J connectivity index is 2.08. The standard InChI is InChI=1S/C17H20N2O3/c1-11(2)8-14(10-20)18-17(21)15-9-16(22-19-15)13-6-4-12(3)5-7-13/h4-7,9-11,14H,8H2,1-3H3,(H,18,21). The van der Waals surface area contributed by atoms with Crippen LogP contribution in [0.4, 0.5) is 0 Å². The van der Waals surface area contributed by atoms with E-state index >= 15 is 0 Å². The summed E-state index contributed by atoms with van der Waals surface area (Å²) < 4.78 is 5.21. The second-order valence-corrected chi connectivity index (χ2v) is 5.79. The fourth-order valence-electron chi connectivity index (χ4n) is 2.13. The molecule has 22 heavy (non-hydrogen) atoms. The summed E-state index contributed by atoms with van der Waals surface area (Å²) in [6.45, 7) is 5.99. The molecule has 1 heterocycles. The fraction of sp³-hybridized carbons (Fsp3) is 0.353. The number of aryl methyl sites for hydroxylation is 1. The van der Waals surface area contributed by atoms with Crippen molar-refractivity contribution in [2.45, 2.75) is 33.2 Å². The third-order valence-electron chi connectivity index (χ3n) is 3.28. The van der Waals surface area contributed by atoms with E-state index < -0.39 is 11.9 Å². The van der Waals surface area contributed by atoms with Gasteiger partial charge in [0.2, 0.25) is 0 Å². The third kappa shape index (κ3) is 4.04. The molecule has 0 fully saturated rings. The molecule has 1 amide bonds. The highest BCUT2D eigenvalue weighted by Crippen LogP contribution is 2.20. The molecule has 1 aromatic heterocycles. The highest BCUT2D eigenvalue weighted by Gasteiger charge is 2.18. The Morgan fingerprint density at radius 2 is 2.00 bits per heavy atom. The van der Waals surface area contributed by atoms with Gasteiger partial charge < -0.3 is 14.6 Å². The molecule has 0 aliphatic heterocycles. The van der Waals surface area contributed by atoms with Gasteiger partial charge in [-0.05, 0) is 19.3 Å². The lowest BCUT2D eigenvalue weighted by atomic mass is 10.0. The maximum atomic E-state index is 12.1. The second kappa shape index (κ2) is 7.02. The zero-order valence-corrected chi connectivity index (χ0v) is 13.0. The molecule has 1 N–H and O–H groups in total. The second-order valence-electron chi connectivity index (χ2n) is 5.79. The van der Waals surface area contributed by atoms with Crippen molar-refractivity contribution in [3.8, 4) is 11.3 Å². The lowest BCUT2D eigenvalue weighted by Gasteiger charge is -2.13. The van der Waals surface area contributed by atoms with Gasteiger partial charge in [-0.25, -0.2) is 0 Å². The smallest absolute Gasteiger partial charge is 0.274 e. The fourth-order valence-corrected chi connectivity index (χ4v) is 2.13. The van der Waals surface area contributed by atoms with Crippen molar-refractivity contribution >= 4 is 12.2 Å². The molecule has 116 valence electrons. The Kier molecular flexibility index (Phi) is 5.09. The molecular formula is C17H20N2O3. The Morgan fingerprint density at radius 1 is 1.32 bits per heavy atom. The third-order valence-corrected chi connectivity index (χ3v) is 3.28. The Labute approximate surface area is 129 Å². The molecule has 0 radical (unpaired) electrons. The minimum Gasteiger partial charge on any atom is -0.355 e. The number of benzene rings is 1. The first-order valence-electron chi connectivity index (χ1n) is 7.29. The largest absolute Gasteiger partial charge is 0.355 e. The summed E-state index contributed by atoms with van der Waals surface area (Å²) in [6, 6.07) is 8.81. The van der Waals surface area contributed by atoms with E-state index in [2.05, 4.69) is 10.5 Å². The minimum atomic E-state index is -0.507. The average Bonchev–Trinajstić information content (AvgIpc) is 2.96. The van der Waals surface area contributed by atoms with Gasteiger partial charge in [-0.15, -0.1) is 0 Å². The first-order valence-corrected chi connectivity index (χ1v) is 7.29. The molecule has 0 bridgehead atoms. The van der Waals surface area contributed by atoms with Crippen molar-refractivity contribution in [3.05, 3.63) is 41.6 Å². The Bertz CT molecular complexity index is 644. The molecule has 2 aromatic rings. The maximum Gasteiger partial charge on any atom is 0.274 e. The van der Waals surface area contributed by atoms with Crippen molar-refractivity contribution in [2.24, 2.45) is 5.92 Å². The zero-order chi connectivity index (χ0) is 16.1. The van der Waals surface area contributed by atoms with Crippen LogP contribution >= 0.6 is 0 Å². The molecule has 0 aliphatic carbocycles. The van der Waals surface area contributed by atoms with Gasteiger partial charge in [0.25, 0.3) is 5.91 Å². The van der Waals surface area contributed by atoms with E-state index in [1.165, 1.54) is 0 Å². The van der Waals surface area contributed by atoms with E-state index in [9.17, 15) is 9.59 Å². The number of hydrogen-bond donors (Lipinski definition) is 1. The van der Waals surface area contributed by atoms with Crippen LogP contribution in [0.15, 0.2) is 34.9 Å². The van der Waals surface area contributed by atoms with Crippen LogP contribution in [-0.2, 0) is 4.79 Å². The van der Waals surface area contributed by atoms with Crippen molar-refractivity contribution in [1.82, 2.24) is 10.5 Å². The number of rotatable bonds is 6. The summed E-state index contributed by atoms with van der Waals surface area (Å²) >= 11 is 0. The summed E-state index contributed by atoms with van der Waals surface area (Å²) in [5.41, 5.74) is 2.17.